The predicted molar refractivity (Wildman–Crippen MR) is 93.0 cm³/mol. The number of amides is 1. The van der Waals surface area contributed by atoms with Crippen LogP contribution in [0.3, 0.4) is 0 Å². The maximum atomic E-state index is 13.9. The zero-order valence-electron chi connectivity index (χ0n) is 13.5. The summed E-state index contributed by atoms with van der Waals surface area (Å²) in [5.41, 5.74) is -1.01. The molecule has 2 N–H and O–H groups in total. The number of alkyl halides is 5. The van der Waals surface area contributed by atoms with Crippen molar-refractivity contribution in [1.29, 1.82) is 0 Å². The molecule has 1 aromatic heterocycles. The van der Waals surface area contributed by atoms with Crippen molar-refractivity contribution in [3.63, 3.8) is 0 Å². The van der Waals surface area contributed by atoms with E-state index in [1.54, 1.807) is 18.2 Å². The lowest BCUT2D eigenvalue weighted by Gasteiger charge is -2.16. The van der Waals surface area contributed by atoms with Gasteiger partial charge in [-0.2, -0.15) is 22.0 Å². The summed E-state index contributed by atoms with van der Waals surface area (Å²) >= 11 is 5.81. The van der Waals surface area contributed by atoms with Gasteiger partial charge >= 0.3 is 17.3 Å². The van der Waals surface area contributed by atoms with Gasteiger partial charge in [0.1, 0.15) is 5.82 Å². The Bertz CT molecular complexity index is 789. The van der Waals surface area contributed by atoms with E-state index in [-0.39, 0.29) is 40.6 Å². The fourth-order valence-electron chi connectivity index (χ4n) is 1.87. The van der Waals surface area contributed by atoms with Crippen molar-refractivity contribution >= 4 is 35.1 Å². The van der Waals surface area contributed by atoms with E-state index in [0.29, 0.717) is 12.3 Å². The van der Waals surface area contributed by atoms with Gasteiger partial charge in [-0.25, -0.2) is 4.98 Å². The standard InChI is InChI=1S/C16H13ClF5N3OS/c17-12-8-10(15(18,19)20)9-25-13(12)23-6-7-24-14(26)16(21,22)27-11-4-2-1-3-5-11/h1-5,8-9H,6-7H2,(H,23,25)(H,24,26). The number of carbonyl (C=O) groups excluding carboxylic acids is 1. The van der Waals surface area contributed by atoms with Gasteiger partial charge in [-0.05, 0) is 30.0 Å². The highest BCUT2D eigenvalue weighted by Crippen LogP contribution is 2.35. The van der Waals surface area contributed by atoms with Crippen LogP contribution in [-0.2, 0) is 11.0 Å². The number of benzene rings is 1. The topological polar surface area (TPSA) is 54.0 Å². The first-order chi connectivity index (χ1) is 12.6. The Kier molecular flexibility index (Phi) is 6.88. The molecule has 0 saturated heterocycles. The van der Waals surface area contributed by atoms with E-state index in [4.69, 9.17) is 11.6 Å². The minimum Gasteiger partial charge on any atom is -0.367 e. The highest BCUT2D eigenvalue weighted by Gasteiger charge is 2.39. The Labute approximate surface area is 160 Å². The molecule has 0 aliphatic heterocycles. The van der Waals surface area contributed by atoms with Gasteiger partial charge in [0.15, 0.2) is 0 Å². The maximum absolute atomic E-state index is 13.9. The third-order valence-corrected chi connectivity index (χ3v) is 4.36. The average molecular weight is 426 g/mol. The van der Waals surface area contributed by atoms with Gasteiger partial charge in [0.2, 0.25) is 0 Å². The lowest BCUT2D eigenvalue weighted by atomic mass is 10.3. The molecule has 2 rings (SSSR count). The summed E-state index contributed by atoms with van der Waals surface area (Å²) in [6.45, 7) is -0.265. The Balaban J connectivity index is 1.83. The number of nitrogens with one attached hydrogen (secondary N) is 2. The lowest BCUT2D eigenvalue weighted by Crippen LogP contribution is -2.39. The molecular weight excluding hydrogens is 413 g/mol. The van der Waals surface area contributed by atoms with Gasteiger partial charge in [0.25, 0.3) is 0 Å². The molecule has 11 heteroatoms. The van der Waals surface area contributed by atoms with Crippen LogP contribution in [0.5, 0.6) is 0 Å². The molecule has 0 aliphatic rings. The van der Waals surface area contributed by atoms with Crippen LogP contribution in [-0.4, -0.2) is 29.2 Å². The minimum absolute atomic E-state index is 0.0515. The average Bonchev–Trinajstić information content (AvgIpc) is 2.59. The Morgan fingerprint density at radius 3 is 2.37 bits per heavy atom. The van der Waals surface area contributed by atoms with Gasteiger partial charge in [0, 0.05) is 24.2 Å². The molecular formula is C16H13ClF5N3OS. The normalized spacial score (nSPS) is 11.9. The number of nitrogens with zero attached hydrogens (tertiary/aromatic N) is 1. The molecule has 0 spiro atoms. The smallest absolute Gasteiger partial charge is 0.367 e. The number of carbonyl (C=O) groups is 1. The quantitative estimate of drug-likeness (QED) is 0.384. The first kappa shape index (κ1) is 21.2. The van der Waals surface area contributed by atoms with E-state index in [1.165, 1.54) is 12.1 Å². The van der Waals surface area contributed by atoms with Crippen LogP contribution in [0.1, 0.15) is 5.56 Å². The molecule has 4 nitrogen and oxygen atoms in total. The number of hydrogen-bond donors (Lipinski definition) is 2. The number of hydrogen-bond acceptors (Lipinski definition) is 4. The molecule has 0 atom stereocenters. The number of rotatable bonds is 7. The Morgan fingerprint density at radius 1 is 1.11 bits per heavy atom. The van der Waals surface area contributed by atoms with Crippen LogP contribution < -0.4 is 10.6 Å². The second-order valence-electron chi connectivity index (χ2n) is 5.17. The van der Waals surface area contributed by atoms with Crippen LogP contribution in [0, 0.1) is 0 Å². The summed E-state index contributed by atoms with van der Waals surface area (Å²) in [6.07, 6.45) is -3.98. The zero-order chi connectivity index (χ0) is 20.1. The molecule has 0 bridgehead atoms. The first-order valence-corrected chi connectivity index (χ1v) is 8.66. The van der Waals surface area contributed by atoms with Crippen LogP contribution in [0.2, 0.25) is 5.02 Å². The molecule has 0 saturated carbocycles. The van der Waals surface area contributed by atoms with E-state index in [0.717, 1.165) is 0 Å². The molecule has 0 aliphatic carbocycles. The number of halogens is 6. The maximum Gasteiger partial charge on any atom is 0.417 e. The SMILES string of the molecule is O=C(NCCNc1ncc(C(F)(F)F)cc1Cl)C(F)(F)Sc1ccccc1. The highest BCUT2D eigenvalue weighted by atomic mass is 35.5. The van der Waals surface area contributed by atoms with Crippen LogP contribution >= 0.6 is 23.4 Å². The van der Waals surface area contributed by atoms with Crippen molar-refractivity contribution in [2.75, 3.05) is 18.4 Å². The number of thioether (sulfide) groups is 1. The first-order valence-electron chi connectivity index (χ1n) is 7.46. The molecule has 27 heavy (non-hydrogen) atoms. The van der Waals surface area contributed by atoms with Crippen molar-refractivity contribution in [2.24, 2.45) is 0 Å². The van der Waals surface area contributed by atoms with Gasteiger partial charge < -0.3 is 10.6 Å². The summed E-state index contributed by atoms with van der Waals surface area (Å²) in [6, 6.07) is 8.40. The second kappa shape index (κ2) is 8.75. The molecule has 146 valence electrons. The van der Waals surface area contributed by atoms with Gasteiger partial charge in [-0.3, -0.25) is 4.79 Å². The third-order valence-electron chi connectivity index (χ3n) is 3.13. The molecule has 1 aromatic carbocycles. The Morgan fingerprint density at radius 2 is 1.78 bits per heavy atom. The fourth-order valence-corrected chi connectivity index (χ4v) is 2.85. The van der Waals surface area contributed by atoms with Gasteiger partial charge in [0.05, 0.1) is 10.6 Å². The van der Waals surface area contributed by atoms with Gasteiger partial charge in [-0.1, -0.05) is 29.8 Å². The lowest BCUT2D eigenvalue weighted by molar-refractivity contribution is -0.137. The molecule has 0 unspecified atom stereocenters. The monoisotopic (exact) mass is 425 g/mol. The molecule has 0 radical (unpaired) electrons. The van der Waals surface area contributed by atoms with E-state index >= 15 is 0 Å². The number of pyridine rings is 1. The van der Waals surface area contributed by atoms with Crippen LogP contribution in [0.4, 0.5) is 27.8 Å². The molecule has 2 aromatic rings. The van der Waals surface area contributed by atoms with Crippen molar-refractivity contribution in [3.8, 4) is 0 Å². The van der Waals surface area contributed by atoms with Crippen molar-refractivity contribution in [3.05, 3.63) is 53.2 Å². The molecule has 0 fully saturated rings. The Hall–Kier alpha value is -2.07. The second-order valence-corrected chi connectivity index (χ2v) is 6.76. The number of aromatic nitrogens is 1. The summed E-state index contributed by atoms with van der Waals surface area (Å²) < 4.78 is 65.3. The summed E-state index contributed by atoms with van der Waals surface area (Å²) in [4.78, 5) is 15.4. The van der Waals surface area contributed by atoms with Crippen LogP contribution in [0.25, 0.3) is 0 Å². The minimum atomic E-state index is -4.58. The summed E-state index contributed by atoms with van der Waals surface area (Å²) in [7, 11) is 0. The summed E-state index contributed by atoms with van der Waals surface area (Å²) in [5, 5.41) is 0.665. The van der Waals surface area contributed by atoms with E-state index in [2.05, 4.69) is 10.3 Å². The molecule has 1 amide bonds. The number of anilines is 1. The largest absolute Gasteiger partial charge is 0.417 e. The van der Waals surface area contributed by atoms with E-state index < -0.39 is 22.9 Å². The fraction of sp³-hybridized carbons (Fsp3) is 0.250. The van der Waals surface area contributed by atoms with Crippen molar-refractivity contribution in [2.45, 2.75) is 16.3 Å². The predicted octanol–water partition coefficient (Wildman–Crippen LogP) is 4.67. The highest BCUT2D eigenvalue weighted by molar-refractivity contribution is 8.01. The van der Waals surface area contributed by atoms with Crippen molar-refractivity contribution < 1.29 is 26.7 Å². The third kappa shape index (κ3) is 6.24. The molecule has 1 heterocycles. The zero-order valence-corrected chi connectivity index (χ0v) is 15.1. The van der Waals surface area contributed by atoms with Gasteiger partial charge in [-0.15, -0.1) is 0 Å². The van der Waals surface area contributed by atoms with E-state index in [9.17, 15) is 26.7 Å². The van der Waals surface area contributed by atoms with Crippen LogP contribution in [0.15, 0.2) is 47.5 Å². The van der Waals surface area contributed by atoms with E-state index in [1.807, 2.05) is 5.32 Å². The van der Waals surface area contributed by atoms with Crippen molar-refractivity contribution in [1.82, 2.24) is 10.3 Å². The summed E-state index contributed by atoms with van der Waals surface area (Å²) in [5.74, 6) is -1.53.